The van der Waals surface area contributed by atoms with E-state index in [0.29, 0.717) is 5.92 Å². The molecule has 78 valence electrons. The van der Waals surface area contributed by atoms with Gasteiger partial charge in [0.05, 0.1) is 6.04 Å². The second-order valence-electron chi connectivity index (χ2n) is 4.20. The van der Waals surface area contributed by atoms with E-state index in [1.165, 1.54) is 24.8 Å². The minimum atomic E-state index is 0.263. The number of terminal acetylenes is 1. The Labute approximate surface area is 91.9 Å². The van der Waals surface area contributed by atoms with Crippen LogP contribution in [0.3, 0.4) is 0 Å². The van der Waals surface area contributed by atoms with Gasteiger partial charge < -0.3 is 0 Å². The van der Waals surface area contributed by atoms with Gasteiger partial charge in [-0.15, -0.1) is 6.42 Å². The van der Waals surface area contributed by atoms with E-state index in [0.717, 1.165) is 6.54 Å². The molecule has 1 saturated carbocycles. The molecule has 1 aliphatic rings. The van der Waals surface area contributed by atoms with E-state index in [2.05, 4.69) is 35.5 Å². The predicted molar refractivity (Wildman–Crippen MR) is 63.2 cm³/mol. The molecule has 0 aliphatic heterocycles. The number of hydrogen-bond donors (Lipinski definition) is 1. The van der Waals surface area contributed by atoms with Crippen molar-refractivity contribution >= 4 is 0 Å². The topological polar surface area (TPSA) is 12.0 Å². The van der Waals surface area contributed by atoms with Crippen molar-refractivity contribution in [2.75, 3.05) is 0 Å². The Hall–Kier alpha value is -1.26. The standard InChI is InChI=1S/C14H17N/c1-2-14(13-9-6-10-13)15-11-12-7-4-3-5-8-12/h1,3-5,7-8,13-15H,6,9-11H2. The van der Waals surface area contributed by atoms with E-state index in [-0.39, 0.29) is 6.04 Å². The molecule has 1 aromatic carbocycles. The molecular formula is C14H17N. The molecule has 1 heteroatoms. The molecule has 1 atom stereocenters. The molecule has 15 heavy (non-hydrogen) atoms. The Morgan fingerprint density at radius 3 is 2.60 bits per heavy atom. The maximum atomic E-state index is 5.53. The van der Waals surface area contributed by atoms with Crippen LogP contribution in [-0.4, -0.2) is 6.04 Å². The van der Waals surface area contributed by atoms with Gasteiger partial charge in [0.2, 0.25) is 0 Å². The fourth-order valence-electron chi connectivity index (χ4n) is 1.96. The average Bonchev–Trinajstić information content (AvgIpc) is 2.23. The monoisotopic (exact) mass is 199 g/mol. The number of benzene rings is 1. The molecule has 1 aromatic rings. The van der Waals surface area contributed by atoms with Crippen LogP contribution in [-0.2, 0) is 6.54 Å². The fourth-order valence-corrected chi connectivity index (χ4v) is 1.96. The summed E-state index contributed by atoms with van der Waals surface area (Å²) in [6.45, 7) is 0.881. The summed E-state index contributed by atoms with van der Waals surface area (Å²) in [6, 6.07) is 10.7. The molecular weight excluding hydrogens is 182 g/mol. The van der Waals surface area contributed by atoms with Gasteiger partial charge in [0.25, 0.3) is 0 Å². The average molecular weight is 199 g/mol. The Balaban J connectivity index is 1.84. The molecule has 1 unspecified atom stereocenters. The van der Waals surface area contributed by atoms with Crippen molar-refractivity contribution in [2.24, 2.45) is 5.92 Å². The van der Waals surface area contributed by atoms with Crippen molar-refractivity contribution in [1.29, 1.82) is 0 Å². The van der Waals surface area contributed by atoms with E-state index in [9.17, 15) is 0 Å². The van der Waals surface area contributed by atoms with Crippen molar-refractivity contribution < 1.29 is 0 Å². The van der Waals surface area contributed by atoms with Crippen molar-refractivity contribution in [2.45, 2.75) is 31.8 Å². The summed E-state index contributed by atoms with van der Waals surface area (Å²) in [5.74, 6) is 3.57. The zero-order valence-corrected chi connectivity index (χ0v) is 8.95. The Morgan fingerprint density at radius 2 is 2.07 bits per heavy atom. The van der Waals surface area contributed by atoms with Crippen molar-refractivity contribution in [3.05, 3.63) is 35.9 Å². The molecule has 1 N–H and O–H groups in total. The number of hydrogen-bond acceptors (Lipinski definition) is 1. The molecule has 0 heterocycles. The first-order chi connectivity index (χ1) is 7.40. The second kappa shape index (κ2) is 5.00. The lowest BCUT2D eigenvalue weighted by atomic mass is 9.80. The van der Waals surface area contributed by atoms with Crippen LogP contribution >= 0.6 is 0 Å². The highest BCUT2D eigenvalue weighted by molar-refractivity contribution is 5.15. The molecule has 0 saturated heterocycles. The fraction of sp³-hybridized carbons (Fsp3) is 0.429. The van der Waals surface area contributed by atoms with Crippen molar-refractivity contribution in [1.82, 2.24) is 5.32 Å². The van der Waals surface area contributed by atoms with Gasteiger partial charge in [-0.3, -0.25) is 5.32 Å². The first kappa shape index (κ1) is 10.3. The van der Waals surface area contributed by atoms with Crippen LogP contribution in [0.1, 0.15) is 24.8 Å². The van der Waals surface area contributed by atoms with Gasteiger partial charge in [0.15, 0.2) is 0 Å². The smallest absolute Gasteiger partial charge is 0.0718 e. The molecule has 1 nitrogen and oxygen atoms in total. The largest absolute Gasteiger partial charge is 0.299 e. The number of rotatable bonds is 4. The van der Waals surface area contributed by atoms with Gasteiger partial charge in [0.1, 0.15) is 0 Å². The Kier molecular flexibility index (Phi) is 3.42. The minimum Gasteiger partial charge on any atom is -0.299 e. The van der Waals surface area contributed by atoms with Crippen LogP contribution in [0.5, 0.6) is 0 Å². The first-order valence-electron chi connectivity index (χ1n) is 5.63. The van der Waals surface area contributed by atoms with Crippen LogP contribution in [0.15, 0.2) is 30.3 Å². The molecule has 1 fully saturated rings. The summed E-state index contributed by atoms with van der Waals surface area (Å²) in [5.41, 5.74) is 1.30. The lowest BCUT2D eigenvalue weighted by Gasteiger charge is -2.31. The van der Waals surface area contributed by atoms with Gasteiger partial charge >= 0.3 is 0 Å². The summed E-state index contributed by atoms with van der Waals surface area (Å²) >= 11 is 0. The summed E-state index contributed by atoms with van der Waals surface area (Å²) < 4.78 is 0. The quantitative estimate of drug-likeness (QED) is 0.735. The molecule has 0 spiro atoms. The minimum absolute atomic E-state index is 0.263. The van der Waals surface area contributed by atoms with E-state index in [1.54, 1.807) is 0 Å². The zero-order chi connectivity index (χ0) is 10.5. The van der Waals surface area contributed by atoms with E-state index in [4.69, 9.17) is 6.42 Å². The third-order valence-electron chi connectivity index (χ3n) is 3.17. The normalized spacial score (nSPS) is 17.8. The summed E-state index contributed by atoms with van der Waals surface area (Å²) in [4.78, 5) is 0. The lowest BCUT2D eigenvalue weighted by Crippen LogP contribution is -2.37. The zero-order valence-electron chi connectivity index (χ0n) is 8.95. The van der Waals surface area contributed by atoms with Crippen molar-refractivity contribution in [3.63, 3.8) is 0 Å². The highest BCUT2D eigenvalue weighted by atomic mass is 14.9. The van der Waals surface area contributed by atoms with Gasteiger partial charge in [-0.2, -0.15) is 0 Å². The van der Waals surface area contributed by atoms with E-state index >= 15 is 0 Å². The Bertz CT molecular complexity index is 332. The highest BCUT2D eigenvalue weighted by Crippen LogP contribution is 2.29. The maximum absolute atomic E-state index is 5.53. The molecule has 0 aromatic heterocycles. The van der Waals surface area contributed by atoms with E-state index in [1.807, 2.05) is 6.07 Å². The molecule has 0 bridgehead atoms. The molecule has 0 radical (unpaired) electrons. The molecule has 1 aliphatic carbocycles. The van der Waals surface area contributed by atoms with Crippen LogP contribution in [0.25, 0.3) is 0 Å². The Morgan fingerprint density at radius 1 is 1.33 bits per heavy atom. The molecule has 2 rings (SSSR count). The van der Waals surface area contributed by atoms with Crippen LogP contribution in [0.4, 0.5) is 0 Å². The van der Waals surface area contributed by atoms with Crippen LogP contribution in [0.2, 0.25) is 0 Å². The van der Waals surface area contributed by atoms with E-state index < -0.39 is 0 Å². The molecule has 0 amide bonds. The third kappa shape index (κ3) is 2.61. The van der Waals surface area contributed by atoms with Gasteiger partial charge in [-0.05, 0) is 24.3 Å². The van der Waals surface area contributed by atoms with Gasteiger partial charge in [-0.25, -0.2) is 0 Å². The van der Waals surface area contributed by atoms with Crippen LogP contribution in [0, 0.1) is 18.3 Å². The second-order valence-corrected chi connectivity index (χ2v) is 4.20. The predicted octanol–water partition coefficient (Wildman–Crippen LogP) is 2.58. The van der Waals surface area contributed by atoms with Gasteiger partial charge in [-0.1, -0.05) is 42.7 Å². The summed E-state index contributed by atoms with van der Waals surface area (Å²) in [7, 11) is 0. The van der Waals surface area contributed by atoms with Crippen molar-refractivity contribution in [3.8, 4) is 12.3 Å². The lowest BCUT2D eigenvalue weighted by molar-refractivity contribution is 0.264. The van der Waals surface area contributed by atoms with Crippen LogP contribution < -0.4 is 5.32 Å². The third-order valence-corrected chi connectivity index (χ3v) is 3.17. The highest BCUT2D eigenvalue weighted by Gasteiger charge is 2.25. The maximum Gasteiger partial charge on any atom is 0.0718 e. The first-order valence-corrected chi connectivity index (χ1v) is 5.63. The number of nitrogens with one attached hydrogen (secondary N) is 1. The van der Waals surface area contributed by atoms with Gasteiger partial charge in [0, 0.05) is 6.54 Å². The summed E-state index contributed by atoms with van der Waals surface area (Å²) in [6.07, 6.45) is 9.45. The summed E-state index contributed by atoms with van der Waals surface area (Å²) in [5, 5.41) is 3.45. The SMILES string of the molecule is C#CC(NCc1ccccc1)C1CCC1.